The maximum atomic E-state index is 14.5. The second-order valence-corrected chi connectivity index (χ2v) is 15.1. The first-order chi connectivity index (χ1) is 30.2. The molecule has 5 rings (SSSR count). The quantitative estimate of drug-likeness (QED) is 0.0232. The molecule has 0 radical (unpaired) electrons. The zero-order valence-corrected chi connectivity index (χ0v) is 34.6. The summed E-state index contributed by atoms with van der Waals surface area (Å²) in [6.07, 6.45) is 3.97. The molecule has 0 aliphatic carbocycles. The number of fused-ring (bicyclic) bond motifs is 2. The van der Waals surface area contributed by atoms with E-state index in [9.17, 15) is 34.2 Å². The van der Waals surface area contributed by atoms with Crippen molar-refractivity contribution >= 4 is 63.3 Å². The van der Waals surface area contributed by atoms with E-state index in [1.54, 1.807) is 24.5 Å². The summed E-state index contributed by atoms with van der Waals surface area (Å²) in [6.45, 7) is 0.263. The van der Waals surface area contributed by atoms with Gasteiger partial charge in [-0.3, -0.25) is 29.2 Å². The molecule has 0 aliphatic rings. The number of hydrogen-bond donors (Lipinski definition) is 13. The summed E-state index contributed by atoms with van der Waals surface area (Å²) in [5, 5.41) is 32.3. The Kier molecular flexibility index (Phi) is 16.4. The molecule has 0 aliphatic heterocycles. The Hall–Kier alpha value is -7.61. The van der Waals surface area contributed by atoms with Crippen molar-refractivity contribution in [3.8, 4) is 5.75 Å². The lowest BCUT2D eigenvalue weighted by Gasteiger charge is -2.27. The van der Waals surface area contributed by atoms with Crippen LogP contribution in [0.1, 0.15) is 42.4 Å². The number of nitrogens with zero attached hydrogens (tertiary/aromatic N) is 2. The molecular formula is C43H55N13O7. The van der Waals surface area contributed by atoms with E-state index in [0.717, 1.165) is 27.4 Å². The second-order valence-electron chi connectivity index (χ2n) is 15.1. The summed E-state index contributed by atoms with van der Waals surface area (Å²) in [6, 6.07) is 14.5. The van der Waals surface area contributed by atoms with Crippen LogP contribution in [0.2, 0.25) is 0 Å². The molecule has 0 saturated carbocycles. The SMILES string of the molecule is NC(N)=NCCC[C@H](NC(=O)[C@H](Cc1ccc(O)cc1)NC(=O)[C@H](Cc1c[nH]c2ccccc12)NC(=O)[C@H](CCCN=C(N)N)NC(=O)[C@@H](N)Cc1c[nH]c2ccccc12)C(=O)O. The molecule has 20 heteroatoms. The summed E-state index contributed by atoms with van der Waals surface area (Å²) in [5.74, 6) is -4.61. The van der Waals surface area contributed by atoms with Gasteiger partial charge in [0.05, 0.1) is 6.04 Å². The van der Waals surface area contributed by atoms with Gasteiger partial charge in [0.1, 0.15) is 29.9 Å². The lowest BCUT2D eigenvalue weighted by molar-refractivity contribution is -0.142. The minimum absolute atomic E-state index is 0.0291. The van der Waals surface area contributed by atoms with Crippen LogP contribution in [0, 0.1) is 0 Å². The lowest BCUT2D eigenvalue weighted by atomic mass is 10.0. The van der Waals surface area contributed by atoms with Crippen molar-refractivity contribution in [1.82, 2.24) is 31.2 Å². The van der Waals surface area contributed by atoms with Crippen molar-refractivity contribution in [3.63, 3.8) is 0 Å². The first kappa shape index (κ1) is 46.5. The molecule has 5 atom stereocenters. The van der Waals surface area contributed by atoms with Gasteiger partial charge in [0.25, 0.3) is 0 Å². The minimum Gasteiger partial charge on any atom is -0.508 e. The van der Waals surface area contributed by atoms with E-state index in [-0.39, 0.29) is 75.7 Å². The first-order valence-electron chi connectivity index (χ1n) is 20.4. The van der Waals surface area contributed by atoms with E-state index < -0.39 is 59.8 Å². The number of H-pyrrole nitrogens is 2. The fourth-order valence-corrected chi connectivity index (χ4v) is 7.07. The van der Waals surface area contributed by atoms with Crippen LogP contribution in [-0.2, 0) is 43.2 Å². The summed E-state index contributed by atoms with van der Waals surface area (Å²) in [5.41, 5.74) is 31.9. The van der Waals surface area contributed by atoms with Gasteiger partial charge >= 0.3 is 5.97 Å². The first-order valence-corrected chi connectivity index (χ1v) is 20.4. The average molecular weight is 866 g/mol. The highest BCUT2D eigenvalue weighted by atomic mass is 16.4. The molecule has 0 unspecified atom stereocenters. The second kappa shape index (κ2) is 22.3. The number of carboxylic acid groups (broad SMARTS) is 1. The number of aliphatic carboxylic acids is 1. The molecule has 0 fully saturated rings. The number of nitrogens with two attached hydrogens (primary N) is 5. The van der Waals surface area contributed by atoms with Crippen molar-refractivity contribution in [1.29, 1.82) is 0 Å². The van der Waals surface area contributed by atoms with Gasteiger partial charge in [-0.2, -0.15) is 0 Å². The highest BCUT2D eigenvalue weighted by molar-refractivity contribution is 5.96. The zero-order chi connectivity index (χ0) is 45.5. The van der Waals surface area contributed by atoms with E-state index in [1.165, 1.54) is 12.1 Å². The predicted octanol–water partition coefficient (Wildman–Crippen LogP) is -0.159. The summed E-state index contributed by atoms with van der Waals surface area (Å²) in [7, 11) is 0. The average Bonchev–Trinajstić information content (AvgIpc) is 3.86. The molecule has 63 heavy (non-hydrogen) atoms. The van der Waals surface area contributed by atoms with E-state index in [0.29, 0.717) is 11.1 Å². The van der Waals surface area contributed by atoms with Crippen LogP contribution >= 0.6 is 0 Å². The van der Waals surface area contributed by atoms with Gasteiger partial charge in [-0.05, 0) is 73.1 Å². The monoisotopic (exact) mass is 865 g/mol. The fraction of sp³-hybridized carbons (Fsp3) is 0.326. The number of amides is 4. The fourth-order valence-electron chi connectivity index (χ4n) is 7.07. The minimum atomic E-state index is -1.36. The number of aromatic hydroxyl groups is 1. The van der Waals surface area contributed by atoms with Crippen LogP contribution in [0.3, 0.4) is 0 Å². The van der Waals surface area contributed by atoms with Crippen molar-refractivity contribution in [2.75, 3.05) is 13.1 Å². The molecule has 20 nitrogen and oxygen atoms in total. The van der Waals surface area contributed by atoms with Crippen molar-refractivity contribution in [3.05, 3.63) is 102 Å². The van der Waals surface area contributed by atoms with Crippen molar-refractivity contribution in [2.24, 2.45) is 38.7 Å². The number of carbonyl (C=O) groups is 5. The third-order valence-electron chi connectivity index (χ3n) is 10.3. The van der Waals surface area contributed by atoms with E-state index in [1.807, 2.05) is 48.5 Å². The third kappa shape index (κ3) is 13.7. The Morgan fingerprint density at radius 3 is 1.54 bits per heavy atom. The molecule has 4 amide bonds. The standard InChI is InChI=1S/C43H55N13O7/c44-30(20-25-22-51-31-9-3-1-7-28(25)31)37(58)53-33(11-5-17-49-42(45)46)38(59)56-36(21-26-23-52-32-10-4-2-8-29(26)32)40(61)55-35(19-24-13-15-27(57)16-14-24)39(60)54-34(41(62)63)12-6-18-50-43(47)48/h1-4,7-10,13-16,22-23,30,33-36,51-52,57H,5-6,11-12,17-21,44H2,(H,53,58)(H,54,60)(H,55,61)(H,56,59)(H,62,63)(H4,45,46,49)(H4,47,48,50)/t30-,33-,34-,35-,36-/m0/s1. The number of carbonyl (C=O) groups excluding carboxylic acids is 4. The van der Waals surface area contributed by atoms with Crippen LogP contribution in [0.5, 0.6) is 5.75 Å². The zero-order valence-electron chi connectivity index (χ0n) is 34.6. The normalized spacial score (nSPS) is 13.5. The van der Waals surface area contributed by atoms with Gasteiger partial charge in [0, 0.05) is 60.1 Å². The number of rotatable bonds is 23. The maximum Gasteiger partial charge on any atom is 0.326 e. The number of para-hydroxylation sites is 2. The molecule has 3 aromatic carbocycles. The van der Waals surface area contributed by atoms with Crippen LogP contribution in [0.4, 0.5) is 0 Å². The largest absolute Gasteiger partial charge is 0.508 e. The molecule has 334 valence electrons. The van der Waals surface area contributed by atoms with Crippen LogP contribution in [0.15, 0.2) is 95.2 Å². The van der Waals surface area contributed by atoms with Gasteiger partial charge in [-0.25, -0.2) is 4.79 Å². The smallest absolute Gasteiger partial charge is 0.326 e. The number of nitrogens with one attached hydrogen (secondary N) is 6. The number of carboxylic acids is 1. The number of aliphatic imine (C=N–C) groups is 2. The highest BCUT2D eigenvalue weighted by Crippen LogP contribution is 2.21. The van der Waals surface area contributed by atoms with Gasteiger partial charge < -0.3 is 70.1 Å². The molecule has 0 saturated heterocycles. The summed E-state index contributed by atoms with van der Waals surface area (Å²) >= 11 is 0. The van der Waals surface area contributed by atoms with Gasteiger partial charge in [-0.15, -0.1) is 0 Å². The van der Waals surface area contributed by atoms with Crippen LogP contribution in [0.25, 0.3) is 21.8 Å². The van der Waals surface area contributed by atoms with E-state index >= 15 is 0 Å². The Morgan fingerprint density at radius 2 is 1.02 bits per heavy atom. The van der Waals surface area contributed by atoms with Crippen LogP contribution in [-0.4, -0.2) is 105 Å². The topological polar surface area (TPSA) is 360 Å². The molecular weight excluding hydrogens is 811 g/mol. The van der Waals surface area contributed by atoms with E-state index in [4.69, 9.17) is 28.7 Å². The Labute approximate surface area is 362 Å². The summed E-state index contributed by atoms with van der Waals surface area (Å²) < 4.78 is 0. The van der Waals surface area contributed by atoms with Gasteiger partial charge in [0.15, 0.2) is 11.9 Å². The van der Waals surface area contributed by atoms with Crippen molar-refractivity contribution < 1.29 is 34.2 Å². The third-order valence-corrected chi connectivity index (χ3v) is 10.3. The van der Waals surface area contributed by atoms with Crippen molar-refractivity contribution in [2.45, 2.75) is 75.2 Å². The van der Waals surface area contributed by atoms with E-state index in [2.05, 4.69) is 41.2 Å². The number of aromatic amines is 2. The highest BCUT2D eigenvalue weighted by Gasteiger charge is 2.33. The summed E-state index contributed by atoms with van der Waals surface area (Å²) in [4.78, 5) is 82.8. The molecule has 0 bridgehead atoms. The number of aromatic nitrogens is 2. The Morgan fingerprint density at radius 1 is 0.571 bits per heavy atom. The lowest BCUT2D eigenvalue weighted by Crippen LogP contribution is -2.59. The molecule has 2 aromatic heterocycles. The Balaban J connectivity index is 1.41. The molecule has 0 spiro atoms. The molecule has 2 heterocycles. The van der Waals surface area contributed by atoms with Gasteiger partial charge in [0.2, 0.25) is 23.6 Å². The number of phenolic OH excluding ortho intramolecular Hbond substituents is 1. The molecule has 5 aromatic rings. The van der Waals surface area contributed by atoms with Gasteiger partial charge in [-0.1, -0.05) is 48.5 Å². The Bertz CT molecular complexity index is 2420. The molecule has 18 N–H and O–H groups in total. The predicted molar refractivity (Wildman–Crippen MR) is 239 cm³/mol. The number of benzene rings is 3. The van der Waals surface area contributed by atoms with Crippen LogP contribution < -0.4 is 49.9 Å². The maximum absolute atomic E-state index is 14.5. The number of phenols is 1. The number of hydrogen-bond acceptors (Lipinski definition) is 9. The number of guanidine groups is 2.